The molecule has 0 spiro atoms. The summed E-state index contributed by atoms with van der Waals surface area (Å²) in [6.07, 6.45) is -1.10. The SMILES string of the molecule is CCN1CC(C(=O)N[C@H](C(=O)O)[C@@H](C)O)CC1=O. The number of likely N-dealkylation sites (tertiary alicyclic amines) is 1. The Morgan fingerprint density at radius 1 is 1.56 bits per heavy atom. The van der Waals surface area contributed by atoms with Crippen molar-refractivity contribution in [2.45, 2.75) is 32.4 Å². The molecule has 102 valence electrons. The Morgan fingerprint density at radius 3 is 2.56 bits per heavy atom. The van der Waals surface area contributed by atoms with Gasteiger partial charge in [0.25, 0.3) is 0 Å². The van der Waals surface area contributed by atoms with E-state index in [1.807, 2.05) is 6.92 Å². The summed E-state index contributed by atoms with van der Waals surface area (Å²) >= 11 is 0. The van der Waals surface area contributed by atoms with E-state index in [1.165, 1.54) is 6.92 Å². The number of aliphatic hydroxyl groups is 1. The van der Waals surface area contributed by atoms with Gasteiger partial charge in [-0.3, -0.25) is 9.59 Å². The van der Waals surface area contributed by atoms with Crippen LogP contribution in [0.2, 0.25) is 0 Å². The largest absolute Gasteiger partial charge is 0.480 e. The third-order valence-electron chi connectivity index (χ3n) is 3.01. The van der Waals surface area contributed by atoms with Crippen molar-refractivity contribution in [2.24, 2.45) is 5.92 Å². The first kappa shape index (κ1) is 14.4. The maximum absolute atomic E-state index is 11.8. The third kappa shape index (κ3) is 3.19. The van der Waals surface area contributed by atoms with Crippen LogP contribution in [-0.2, 0) is 14.4 Å². The van der Waals surface area contributed by atoms with Gasteiger partial charge in [-0.15, -0.1) is 0 Å². The van der Waals surface area contributed by atoms with Crippen molar-refractivity contribution in [2.75, 3.05) is 13.1 Å². The second-order valence-corrected chi connectivity index (χ2v) is 4.40. The van der Waals surface area contributed by atoms with E-state index < -0.39 is 29.9 Å². The number of hydrogen-bond acceptors (Lipinski definition) is 4. The summed E-state index contributed by atoms with van der Waals surface area (Å²) in [6, 6.07) is -1.34. The van der Waals surface area contributed by atoms with E-state index in [-0.39, 0.29) is 12.3 Å². The zero-order valence-electron chi connectivity index (χ0n) is 10.4. The van der Waals surface area contributed by atoms with Crippen LogP contribution in [0.15, 0.2) is 0 Å². The lowest BCUT2D eigenvalue weighted by atomic mass is 10.1. The number of carbonyl (C=O) groups excluding carboxylic acids is 2. The summed E-state index contributed by atoms with van der Waals surface area (Å²) in [7, 11) is 0. The molecular formula is C11H18N2O5. The average Bonchev–Trinajstić information content (AvgIpc) is 2.66. The van der Waals surface area contributed by atoms with Gasteiger partial charge >= 0.3 is 5.97 Å². The van der Waals surface area contributed by atoms with Gasteiger partial charge in [-0.05, 0) is 13.8 Å². The van der Waals surface area contributed by atoms with Crippen molar-refractivity contribution >= 4 is 17.8 Å². The molecule has 1 rings (SSSR count). The fourth-order valence-corrected chi connectivity index (χ4v) is 1.91. The van der Waals surface area contributed by atoms with Crippen LogP contribution in [-0.4, -0.2) is 58.1 Å². The minimum absolute atomic E-state index is 0.0891. The summed E-state index contributed by atoms with van der Waals surface area (Å²) in [6.45, 7) is 3.93. The Kier molecular flexibility index (Phi) is 4.66. The van der Waals surface area contributed by atoms with Crippen LogP contribution in [0.5, 0.6) is 0 Å². The van der Waals surface area contributed by atoms with Gasteiger partial charge in [-0.25, -0.2) is 4.79 Å². The third-order valence-corrected chi connectivity index (χ3v) is 3.01. The lowest BCUT2D eigenvalue weighted by Crippen LogP contribution is -2.49. The summed E-state index contributed by atoms with van der Waals surface area (Å²) in [5.74, 6) is -2.46. The van der Waals surface area contributed by atoms with Gasteiger partial charge in [-0.1, -0.05) is 0 Å². The van der Waals surface area contributed by atoms with E-state index in [9.17, 15) is 19.5 Å². The second kappa shape index (κ2) is 5.81. The van der Waals surface area contributed by atoms with Crippen molar-refractivity contribution in [1.82, 2.24) is 10.2 Å². The molecule has 0 aromatic rings. The highest BCUT2D eigenvalue weighted by atomic mass is 16.4. The van der Waals surface area contributed by atoms with Gasteiger partial charge in [0.15, 0.2) is 6.04 Å². The molecule has 0 radical (unpaired) electrons. The van der Waals surface area contributed by atoms with E-state index >= 15 is 0 Å². The minimum atomic E-state index is -1.34. The highest BCUT2D eigenvalue weighted by Gasteiger charge is 2.35. The normalized spacial score (nSPS) is 22.7. The number of aliphatic hydroxyl groups excluding tert-OH is 1. The highest BCUT2D eigenvalue weighted by Crippen LogP contribution is 2.17. The molecule has 1 fully saturated rings. The monoisotopic (exact) mass is 258 g/mol. The molecule has 0 aromatic carbocycles. The Bertz CT molecular complexity index is 355. The number of nitrogens with zero attached hydrogens (tertiary/aromatic N) is 1. The molecule has 3 atom stereocenters. The predicted octanol–water partition coefficient (Wildman–Crippen LogP) is -1.19. The summed E-state index contributed by atoms with van der Waals surface area (Å²) in [5, 5.41) is 20.3. The zero-order valence-corrected chi connectivity index (χ0v) is 10.4. The molecule has 1 aliphatic heterocycles. The van der Waals surface area contributed by atoms with Gasteiger partial charge in [0.1, 0.15) is 0 Å². The lowest BCUT2D eigenvalue weighted by molar-refractivity contribution is -0.145. The van der Waals surface area contributed by atoms with E-state index in [0.29, 0.717) is 13.1 Å². The summed E-state index contributed by atoms with van der Waals surface area (Å²) in [4.78, 5) is 35.6. The predicted molar refractivity (Wildman–Crippen MR) is 61.6 cm³/mol. The molecule has 7 nitrogen and oxygen atoms in total. The highest BCUT2D eigenvalue weighted by molar-refractivity contribution is 5.91. The molecule has 0 saturated carbocycles. The smallest absolute Gasteiger partial charge is 0.328 e. The van der Waals surface area contributed by atoms with Gasteiger partial charge in [0.05, 0.1) is 12.0 Å². The van der Waals surface area contributed by atoms with E-state index in [0.717, 1.165) is 0 Å². The molecule has 0 bridgehead atoms. The molecule has 0 aliphatic carbocycles. The molecule has 3 N–H and O–H groups in total. The number of carboxylic acids is 1. The van der Waals surface area contributed by atoms with Gasteiger partial charge in [-0.2, -0.15) is 0 Å². The molecule has 7 heteroatoms. The Morgan fingerprint density at radius 2 is 2.17 bits per heavy atom. The van der Waals surface area contributed by atoms with Crippen LogP contribution in [0.4, 0.5) is 0 Å². The number of carboxylic acid groups (broad SMARTS) is 1. The topological polar surface area (TPSA) is 107 Å². The van der Waals surface area contributed by atoms with Crippen LogP contribution >= 0.6 is 0 Å². The summed E-state index contributed by atoms with van der Waals surface area (Å²) < 4.78 is 0. The zero-order chi connectivity index (χ0) is 13.9. The molecule has 1 unspecified atom stereocenters. The molecule has 0 aromatic heterocycles. The van der Waals surface area contributed by atoms with Gasteiger partial charge in [0, 0.05) is 19.5 Å². The fourth-order valence-electron chi connectivity index (χ4n) is 1.91. The van der Waals surface area contributed by atoms with Gasteiger partial charge < -0.3 is 20.4 Å². The molecule has 2 amide bonds. The molecule has 1 aliphatic rings. The van der Waals surface area contributed by atoms with Crippen molar-refractivity contribution < 1.29 is 24.6 Å². The van der Waals surface area contributed by atoms with Crippen LogP contribution in [0.25, 0.3) is 0 Å². The first-order valence-corrected chi connectivity index (χ1v) is 5.85. The van der Waals surface area contributed by atoms with E-state index in [2.05, 4.69) is 5.32 Å². The lowest BCUT2D eigenvalue weighted by Gasteiger charge is -2.19. The number of carbonyl (C=O) groups is 3. The number of rotatable bonds is 5. The van der Waals surface area contributed by atoms with E-state index in [4.69, 9.17) is 5.11 Å². The number of nitrogens with one attached hydrogen (secondary N) is 1. The van der Waals surface area contributed by atoms with Crippen molar-refractivity contribution in [1.29, 1.82) is 0 Å². The maximum Gasteiger partial charge on any atom is 0.328 e. The first-order valence-electron chi connectivity index (χ1n) is 5.85. The quantitative estimate of drug-likeness (QED) is 0.574. The van der Waals surface area contributed by atoms with Crippen LogP contribution in [0.3, 0.4) is 0 Å². The van der Waals surface area contributed by atoms with Crippen molar-refractivity contribution in [3.63, 3.8) is 0 Å². The second-order valence-electron chi connectivity index (χ2n) is 4.40. The molecular weight excluding hydrogens is 240 g/mol. The maximum atomic E-state index is 11.8. The number of aliphatic carboxylic acids is 1. The average molecular weight is 258 g/mol. The van der Waals surface area contributed by atoms with E-state index in [1.54, 1.807) is 4.90 Å². The van der Waals surface area contributed by atoms with Crippen LogP contribution < -0.4 is 5.32 Å². The molecule has 18 heavy (non-hydrogen) atoms. The number of amides is 2. The minimum Gasteiger partial charge on any atom is -0.480 e. The Labute approximate surface area is 105 Å². The Balaban J connectivity index is 2.61. The van der Waals surface area contributed by atoms with Crippen LogP contribution in [0.1, 0.15) is 20.3 Å². The molecule has 1 heterocycles. The fraction of sp³-hybridized carbons (Fsp3) is 0.727. The standard InChI is InChI=1S/C11H18N2O5/c1-3-13-5-7(4-8(13)15)10(16)12-9(6(2)14)11(17)18/h6-7,9,14H,3-5H2,1-2H3,(H,12,16)(H,17,18)/t6-,7?,9+/m1/s1. The van der Waals surface area contributed by atoms with Crippen molar-refractivity contribution in [3.8, 4) is 0 Å². The van der Waals surface area contributed by atoms with Crippen LogP contribution in [0, 0.1) is 5.92 Å². The first-order chi connectivity index (χ1) is 8.36. The summed E-state index contributed by atoms with van der Waals surface area (Å²) in [5.41, 5.74) is 0. The molecule has 1 saturated heterocycles. The van der Waals surface area contributed by atoms with Crippen molar-refractivity contribution in [3.05, 3.63) is 0 Å². The van der Waals surface area contributed by atoms with Gasteiger partial charge in [0.2, 0.25) is 11.8 Å². The number of hydrogen-bond donors (Lipinski definition) is 3. The Hall–Kier alpha value is -1.63.